The summed E-state index contributed by atoms with van der Waals surface area (Å²) in [6.07, 6.45) is 4.16. The molecule has 1 amide bonds. The second-order valence-corrected chi connectivity index (χ2v) is 5.44. The molecule has 104 valence electrons. The number of hydrogen-bond donors (Lipinski definition) is 0. The van der Waals surface area contributed by atoms with E-state index in [1.54, 1.807) is 11.1 Å². The van der Waals surface area contributed by atoms with Crippen LogP contribution in [-0.2, 0) is 0 Å². The number of nitrogens with zero attached hydrogens (tertiary/aromatic N) is 3. The Hall–Kier alpha value is -1.89. The smallest absolute Gasteiger partial charge is 0.276 e. The minimum Gasteiger partial charge on any atom is -0.328 e. The molecule has 1 saturated heterocycles. The number of likely N-dealkylation sites (tertiary alicyclic amines) is 1. The minimum atomic E-state index is -0.931. The van der Waals surface area contributed by atoms with Crippen molar-refractivity contribution < 1.29 is 13.6 Å². The Morgan fingerprint density at radius 2 is 2.25 bits per heavy atom. The number of rotatable bonds is 2. The molecule has 1 atom stereocenters. The molecule has 0 bridgehead atoms. The third kappa shape index (κ3) is 2.29. The predicted octanol–water partition coefficient (Wildman–Crippen LogP) is 2.79. The predicted molar refractivity (Wildman–Crippen MR) is 69.3 cm³/mol. The van der Waals surface area contributed by atoms with Crippen LogP contribution in [0.5, 0.6) is 0 Å². The number of aromatic nitrogens is 2. The van der Waals surface area contributed by atoms with Gasteiger partial charge in [-0.15, -0.1) is 11.3 Å². The number of carbonyl (C=O) groups is 1. The molecule has 2 aromatic heterocycles. The van der Waals surface area contributed by atoms with Gasteiger partial charge in [-0.3, -0.25) is 4.79 Å². The maximum Gasteiger partial charge on any atom is 0.276 e. The molecule has 20 heavy (non-hydrogen) atoms. The molecule has 1 aliphatic rings. The number of thiazole rings is 1. The monoisotopic (exact) mass is 295 g/mol. The van der Waals surface area contributed by atoms with Crippen molar-refractivity contribution in [1.82, 2.24) is 14.9 Å². The van der Waals surface area contributed by atoms with Gasteiger partial charge < -0.3 is 4.90 Å². The Morgan fingerprint density at radius 1 is 1.40 bits per heavy atom. The topological polar surface area (TPSA) is 46.1 Å². The zero-order valence-electron chi connectivity index (χ0n) is 10.4. The molecule has 0 saturated carbocycles. The molecule has 3 rings (SSSR count). The lowest BCUT2D eigenvalue weighted by Crippen LogP contribution is -2.32. The zero-order chi connectivity index (χ0) is 14.1. The van der Waals surface area contributed by atoms with Crippen LogP contribution >= 0.6 is 11.3 Å². The molecular formula is C13H11F2N3OS. The van der Waals surface area contributed by atoms with Crippen LogP contribution < -0.4 is 0 Å². The summed E-state index contributed by atoms with van der Waals surface area (Å²) >= 11 is 1.46. The molecule has 0 radical (unpaired) electrons. The quantitative estimate of drug-likeness (QED) is 0.856. The molecular weight excluding hydrogens is 284 g/mol. The van der Waals surface area contributed by atoms with Gasteiger partial charge >= 0.3 is 0 Å². The van der Waals surface area contributed by atoms with Gasteiger partial charge in [0, 0.05) is 24.2 Å². The van der Waals surface area contributed by atoms with E-state index in [0.29, 0.717) is 12.6 Å². The standard InChI is InChI=1S/C13H11F2N3OS/c14-8-6-9(15)11(17-7-8)13(19)18-4-1-2-10(18)12-16-3-5-20-12/h3,5-7,10H,1-2,4H2/t10-/m1/s1. The fourth-order valence-electron chi connectivity index (χ4n) is 2.37. The summed E-state index contributed by atoms with van der Waals surface area (Å²) in [5.41, 5.74) is -0.338. The SMILES string of the molecule is O=C(c1ncc(F)cc1F)N1CCC[C@@H]1c1nccs1. The van der Waals surface area contributed by atoms with Crippen molar-refractivity contribution in [1.29, 1.82) is 0 Å². The number of halogens is 2. The molecule has 2 aromatic rings. The van der Waals surface area contributed by atoms with Crippen LogP contribution in [-0.4, -0.2) is 27.3 Å². The van der Waals surface area contributed by atoms with Gasteiger partial charge in [0.25, 0.3) is 5.91 Å². The van der Waals surface area contributed by atoms with E-state index in [2.05, 4.69) is 9.97 Å². The van der Waals surface area contributed by atoms with E-state index < -0.39 is 17.5 Å². The molecule has 0 aromatic carbocycles. The van der Waals surface area contributed by atoms with Crippen LogP contribution in [0.3, 0.4) is 0 Å². The maximum absolute atomic E-state index is 13.7. The van der Waals surface area contributed by atoms with E-state index in [9.17, 15) is 13.6 Å². The molecule has 0 aliphatic carbocycles. The average molecular weight is 295 g/mol. The molecule has 1 fully saturated rings. The fourth-order valence-corrected chi connectivity index (χ4v) is 3.16. The third-order valence-corrected chi connectivity index (χ3v) is 4.14. The van der Waals surface area contributed by atoms with Crippen LogP contribution in [0.2, 0.25) is 0 Å². The molecule has 3 heterocycles. The van der Waals surface area contributed by atoms with E-state index in [0.717, 1.165) is 24.0 Å². The summed E-state index contributed by atoms with van der Waals surface area (Å²) in [4.78, 5) is 21.7. The van der Waals surface area contributed by atoms with Gasteiger partial charge in [0.05, 0.1) is 12.2 Å². The summed E-state index contributed by atoms with van der Waals surface area (Å²) < 4.78 is 26.5. The van der Waals surface area contributed by atoms with E-state index in [4.69, 9.17) is 0 Å². The lowest BCUT2D eigenvalue weighted by atomic mass is 10.2. The fraction of sp³-hybridized carbons (Fsp3) is 0.308. The molecule has 7 heteroatoms. The minimum absolute atomic E-state index is 0.145. The first-order chi connectivity index (χ1) is 9.66. The van der Waals surface area contributed by atoms with Gasteiger partial charge in [-0.25, -0.2) is 18.7 Å². The van der Waals surface area contributed by atoms with Crippen molar-refractivity contribution in [2.24, 2.45) is 0 Å². The Labute approximate surface area is 118 Å². The average Bonchev–Trinajstić information content (AvgIpc) is 3.09. The summed E-state index contributed by atoms with van der Waals surface area (Å²) in [5, 5.41) is 2.67. The van der Waals surface area contributed by atoms with E-state index >= 15 is 0 Å². The van der Waals surface area contributed by atoms with Crippen LogP contribution in [0.25, 0.3) is 0 Å². The van der Waals surface area contributed by atoms with Gasteiger partial charge in [-0.2, -0.15) is 0 Å². The summed E-state index contributed by atoms with van der Waals surface area (Å²) in [6, 6.07) is 0.531. The number of hydrogen-bond acceptors (Lipinski definition) is 4. The summed E-state index contributed by atoms with van der Waals surface area (Å²) in [5.74, 6) is -2.24. The van der Waals surface area contributed by atoms with E-state index in [-0.39, 0.29) is 11.7 Å². The normalized spacial score (nSPS) is 18.5. The second kappa shape index (κ2) is 5.24. The molecule has 0 unspecified atom stereocenters. The highest BCUT2D eigenvalue weighted by Gasteiger charge is 2.33. The summed E-state index contributed by atoms with van der Waals surface area (Å²) in [6.45, 7) is 0.529. The van der Waals surface area contributed by atoms with Gasteiger partial charge in [0.15, 0.2) is 11.5 Å². The Bertz CT molecular complexity index is 633. The maximum atomic E-state index is 13.7. The summed E-state index contributed by atoms with van der Waals surface area (Å²) in [7, 11) is 0. The Kier molecular flexibility index (Phi) is 3.43. The van der Waals surface area contributed by atoms with Crippen molar-refractivity contribution >= 4 is 17.2 Å². The van der Waals surface area contributed by atoms with Crippen LogP contribution in [0.4, 0.5) is 8.78 Å². The van der Waals surface area contributed by atoms with Crippen molar-refractivity contribution in [3.05, 3.63) is 46.2 Å². The lowest BCUT2D eigenvalue weighted by Gasteiger charge is -2.22. The Morgan fingerprint density at radius 3 is 2.95 bits per heavy atom. The van der Waals surface area contributed by atoms with Crippen LogP contribution in [0.15, 0.2) is 23.8 Å². The van der Waals surface area contributed by atoms with Gasteiger partial charge in [-0.1, -0.05) is 0 Å². The third-order valence-electron chi connectivity index (χ3n) is 3.26. The zero-order valence-corrected chi connectivity index (χ0v) is 11.2. The molecule has 4 nitrogen and oxygen atoms in total. The Balaban J connectivity index is 1.89. The van der Waals surface area contributed by atoms with Crippen molar-refractivity contribution in [2.75, 3.05) is 6.54 Å². The largest absolute Gasteiger partial charge is 0.328 e. The van der Waals surface area contributed by atoms with E-state index in [1.807, 2.05) is 5.38 Å². The lowest BCUT2D eigenvalue weighted by molar-refractivity contribution is 0.0724. The highest BCUT2D eigenvalue weighted by atomic mass is 32.1. The second-order valence-electron chi connectivity index (χ2n) is 4.51. The first-order valence-corrected chi connectivity index (χ1v) is 7.06. The first-order valence-electron chi connectivity index (χ1n) is 6.18. The van der Waals surface area contributed by atoms with Gasteiger partial charge in [-0.05, 0) is 12.8 Å². The highest BCUT2D eigenvalue weighted by molar-refractivity contribution is 7.09. The highest BCUT2D eigenvalue weighted by Crippen LogP contribution is 2.34. The van der Waals surface area contributed by atoms with Crippen molar-refractivity contribution in [3.63, 3.8) is 0 Å². The van der Waals surface area contributed by atoms with Crippen molar-refractivity contribution in [3.8, 4) is 0 Å². The molecule has 0 spiro atoms. The van der Waals surface area contributed by atoms with Crippen LogP contribution in [0, 0.1) is 11.6 Å². The van der Waals surface area contributed by atoms with Gasteiger partial charge in [0.2, 0.25) is 0 Å². The first kappa shape index (κ1) is 13.1. The van der Waals surface area contributed by atoms with Crippen molar-refractivity contribution in [2.45, 2.75) is 18.9 Å². The van der Waals surface area contributed by atoms with Crippen LogP contribution in [0.1, 0.15) is 34.4 Å². The number of pyridine rings is 1. The number of amides is 1. The van der Waals surface area contributed by atoms with E-state index in [1.165, 1.54) is 11.3 Å². The molecule has 0 N–H and O–H groups in total. The van der Waals surface area contributed by atoms with Gasteiger partial charge in [0.1, 0.15) is 10.8 Å². The molecule has 1 aliphatic heterocycles. The number of carbonyl (C=O) groups excluding carboxylic acids is 1.